The van der Waals surface area contributed by atoms with Gasteiger partial charge in [-0.1, -0.05) is 31.4 Å². The smallest absolute Gasteiger partial charge is 0.317 e. The summed E-state index contributed by atoms with van der Waals surface area (Å²) in [6, 6.07) is 9.64. The number of hydrogen-bond donors (Lipinski definition) is 3. The Balaban J connectivity index is 1.40. The number of carbonyl (C=O) groups is 2. The summed E-state index contributed by atoms with van der Waals surface area (Å²) in [4.78, 5) is 34.6. The number of benzene rings is 1. The molecule has 0 radical (unpaired) electrons. The Morgan fingerprint density at radius 2 is 1.78 bits per heavy atom. The summed E-state index contributed by atoms with van der Waals surface area (Å²) in [5.41, 5.74) is 1.97. The molecule has 0 atom stereocenters. The third kappa shape index (κ3) is 6.26. The Hall–Kier alpha value is -3.00. The van der Waals surface area contributed by atoms with Crippen molar-refractivity contribution < 1.29 is 14.7 Å². The highest BCUT2D eigenvalue weighted by molar-refractivity contribution is 6.03. The normalized spacial score (nSPS) is 16.5. The molecule has 4 rings (SSSR count). The van der Waals surface area contributed by atoms with Gasteiger partial charge in [-0.2, -0.15) is 0 Å². The van der Waals surface area contributed by atoms with Crippen molar-refractivity contribution >= 4 is 23.4 Å². The number of aromatic nitrogens is 2. The van der Waals surface area contributed by atoms with Crippen molar-refractivity contribution in [2.24, 2.45) is 5.92 Å². The van der Waals surface area contributed by atoms with E-state index in [1.165, 1.54) is 51.3 Å². The minimum atomic E-state index is -0.891. The van der Waals surface area contributed by atoms with Crippen LogP contribution in [0.15, 0.2) is 36.7 Å². The fourth-order valence-electron chi connectivity index (χ4n) is 4.24. The van der Waals surface area contributed by atoms with E-state index in [1.807, 2.05) is 18.2 Å². The van der Waals surface area contributed by atoms with Crippen LogP contribution in [0.4, 0.5) is 11.5 Å². The van der Waals surface area contributed by atoms with Gasteiger partial charge in [-0.25, -0.2) is 9.97 Å². The van der Waals surface area contributed by atoms with Crippen LogP contribution in [0.1, 0.15) is 61.0 Å². The maximum atomic E-state index is 12.8. The molecule has 2 aromatic rings. The number of rotatable bonds is 10. The second-order valence-electron chi connectivity index (χ2n) is 8.80. The maximum absolute atomic E-state index is 12.8. The van der Waals surface area contributed by atoms with Gasteiger partial charge >= 0.3 is 5.97 Å². The van der Waals surface area contributed by atoms with Crippen molar-refractivity contribution in [2.75, 3.05) is 23.3 Å². The molecular weight excluding hydrogens is 406 g/mol. The van der Waals surface area contributed by atoms with Crippen LogP contribution >= 0.6 is 0 Å². The summed E-state index contributed by atoms with van der Waals surface area (Å²) in [5.74, 6) is 0.439. The highest BCUT2D eigenvalue weighted by atomic mass is 16.4. The Morgan fingerprint density at radius 1 is 1.03 bits per heavy atom. The van der Waals surface area contributed by atoms with Crippen LogP contribution in [0, 0.1) is 5.92 Å². The van der Waals surface area contributed by atoms with Gasteiger partial charge in [0, 0.05) is 30.9 Å². The van der Waals surface area contributed by atoms with Gasteiger partial charge in [0.15, 0.2) is 0 Å². The van der Waals surface area contributed by atoms with E-state index in [0.717, 1.165) is 23.8 Å². The molecule has 0 unspecified atom stereocenters. The second kappa shape index (κ2) is 10.5. The highest BCUT2D eigenvalue weighted by Gasteiger charge is 2.30. The van der Waals surface area contributed by atoms with Crippen molar-refractivity contribution in [1.82, 2.24) is 15.3 Å². The fraction of sp³-hybridized carbons (Fsp3) is 0.500. The number of nitrogens with one attached hydrogen (secondary N) is 2. The summed E-state index contributed by atoms with van der Waals surface area (Å²) < 4.78 is 0. The van der Waals surface area contributed by atoms with Gasteiger partial charge in [0.1, 0.15) is 17.8 Å². The number of hydrogen-bond acceptors (Lipinski definition) is 6. The molecule has 3 N–H and O–H groups in total. The first kappa shape index (κ1) is 22.2. The Labute approximate surface area is 188 Å². The predicted octanol–water partition coefficient (Wildman–Crippen LogP) is 3.45. The molecule has 170 valence electrons. The number of carboxylic acid groups (broad SMARTS) is 1. The van der Waals surface area contributed by atoms with Crippen LogP contribution in [0.5, 0.6) is 0 Å². The number of carboxylic acids is 1. The molecule has 1 heterocycles. The van der Waals surface area contributed by atoms with E-state index in [1.54, 1.807) is 12.1 Å². The van der Waals surface area contributed by atoms with Crippen molar-refractivity contribution in [3.05, 3.63) is 47.9 Å². The number of amides is 1. The largest absolute Gasteiger partial charge is 0.480 e. The number of carbonyl (C=O) groups excluding carboxylic acids is 1. The SMILES string of the molecule is O=C(O)CNCc1ccc(NC(=O)c2cc(N(CC3CC3)C3CCCCC3)ncn2)cc1. The zero-order chi connectivity index (χ0) is 22.3. The molecule has 1 amide bonds. The molecule has 0 bridgehead atoms. The van der Waals surface area contributed by atoms with E-state index in [0.29, 0.717) is 24.0 Å². The lowest BCUT2D eigenvalue weighted by Crippen LogP contribution is -2.39. The lowest BCUT2D eigenvalue weighted by molar-refractivity contribution is -0.136. The fourth-order valence-corrected chi connectivity index (χ4v) is 4.24. The van der Waals surface area contributed by atoms with Crippen LogP contribution in [-0.4, -0.2) is 46.1 Å². The van der Waals surface area contributed by atoms with Gasteiger partial charge in [-0.15, -0.1) is 0 Å². The first-order valence-electron chi connectivity index (χ1n) is 11.5. The molecule has 2 aliphatic carbocycles. The summed E-state index contributed by atoms with van der Waals surface area (Å²) in [5, 5.41) is 14.4. The van der Waals surface area contributed by atoms with Crippen LogP contribution in [0.3, 0.4) is 0 Å². The van der Waals surface area contributed by atoms with E-state index >= 15 is 0 Å². The molecule has 0 saturated heterocycles. The molecular formula is C24H31N5O3. The van der Waals surface area contributed by atoms with Crippen LogP contribution in [0.25, 0.3) is 0 Å². The summed E-state index contributed by atoms with van der Waals surface area (Å²) in [6.07, 6.45) is 10.2. The van der Waals surface area contributed by atoms with Crippen LogP contribution < -0.4 is 15.5 Å². The van der Waals surface area contributed by atoms with Crippen molar-refractivity contribution in [3.63, 3.8) is 0 Å². The summed E-state index contributed by atoms with van der Waals surface area (Å²) in [6.45, 7) is 1.38. The second-order valence-corrected chi connectivity index (χ2v) is 8.80. The van der Waals surface area contributed by atoms with Gasteiger partial charge in [0.25, 0.3) is 5.91 Å². The van der Waals surface area contributed by atoms with Crippen molar-refractivity contribution in [2.45, 2.75) is 57.5 Å². The topological polar surface area (TPSA) is 107 Å². The highest BCUT2D eigenvalue weighted by Crippen LogP contribution is 2.34. The molecule has 0 aliphatic heterocycles. The molecule has 1 aromatic heterocycles. The van der Waals surface area contributed by atoms with Crippen LogP contribution in [0.2, 0.25) is 0 Å². The van der Waals surface area contributed by atoms with Crippen molar-refractivity contribution in [3.8, 4) is 0 Å². The lowest BCUT2D eigenvalue weighted by atomic mass is 9.94. The quantitative estimate of drug-likeness (QED) is 0.522. The van der Waals surface area contributed by atoms with E-state index in [2.05, 4.69) is 25.5 Å². The predicted molar refractivity (Wildman–Crippen MR) is 123 cm³/mol. The van der Waals surface area contributed by atoms with Gasteiger partial charge in [0.2, 0.25) is 0 Å². The van der Waals surface area contributed by atoms with Gasteiger partial charge < -0.3 is 20.6 Å². The molecule has 32 heavy (non-hydrogen) atoms. The molecule has 2 aliphatic rings. The first-order valence-corrected chi connectivity index (χ1v) is 11.5. The monoisotopic (exact) mass is 437 g/mol. The molecule has 2 saturated carbocycles. The third-order valence-corrected chi connectivity index (χ3v) is 6.16. The Kier molecular flexibility index (Phi) is 7.32. The molecule has 0 spiro atoms. The van der Waals surface area contributed by atoms with Gasteiger partial charge in [-0.05, 0) is 49.3 Å². The van der Waals surface area contributed by atoms with Gasteiger partial charge in [0.05, 0.1) is 6.54 Å². The van der Waals surface area contributed by atoms with E-state index in [4.69, 9.17) is 5.11 Å². The molecule has 8 heteroatoms. The van der Waals surface area contributed by atoms with E-state index in [-0.39, 0.29) is 12.5 Å². The molecule has 1 aromatic carbocycles. The summed E-state index contributed by atoms with van der Waals surface area (Å²) in [7, 11) is 0. The average Bonchev–Trinajstić information content (AvgIpc) is 3.63. The van der Waals surface area contributed by atoms with Crippen LogP contribution in [-0.2, 0) is 11.3 Å². The minimum Gasteiger partial charge on any atom is -0.480 e. The Bertz CT molecular complexity index is 923. The standard InChI is InChI=1S/C24H31N5O3/c30-23(31)14-25-13-17-8-10-19(11-9-17)28-24(32)21-12-22(27-16-26-21)29(15-18-6-7-18)20-4-2-1-3-5-20/h8-12,16,18,20,25H,1-7,13-15H2,(H,28,32)(H,30,31). The maximum Gasteiger partial charge on any atom is 0.317 e. The molecule has 8 nitrogen and oxygen atoms in total. The summed E-state index contributed by atoms with van der Waals surface area (Å²) >= 11 is 0. The van der Waals surface area contributed by atoms with E-state index < -0.39 is 5.97 Å². The average molecular weight is 438 g/mol. The van der Waals surface area contributed by atoms with Crippen molar-refractivity contribution in [1.29, 1.82) is 0 Å². The first-order chi connectivity index (χ1) is 15.6. The number of aliphatic carboxylic acids is 1. The number of nitrogens with zero attached hydrogens (tertiary/aromatic N) is 3. The minimum absolute atomic E-state index is 0.0901. The Morgan fingerprint density at radius 3 is 2.47 bits per heavy atom. The number of anilines is 2. The van der Waals surface area contributed by atoms with Gasteiger partial charge in [-0.3, -0.25) is 9.59 Å². The third-order valence-electron chi connectivity index (χ3n) is 6.16. The zero-order valence-electron chi connectivity index (χ0n) is 18.3. The lowest BCUT2D eigenvalue weighted by Gasteiger charge is -2.35. The molecule has 2 fully saturated rings. The zero-order valence-corrected chi connectivity index (χ0v) is 18.3. The van der Waals surface area contributed by atoms with E-state index in [9.17, 15) is 9.59 Å².